The third kappa shape index (κ3) is 3.36. The van der Waals surface area contributed by atoms with E-state index < -0.39 is 11.5 Å². The van der Waals surface area contributed by atoms with E-state index in [1.165, 1.54) is 0 Å². The van der Waals surface area contributed by atoms with Crippen molar-refractivity contribution in [3.63, 3.8) is 0 Å². The average Bonchev–Trinajstić information content (AvgIpc) is 2.83. The van der Waals surface area contributed by atoms with Gasteiger partial charge in [-0.1, -0.05) is 42.5 Å². The van der Waals surface area contributed by atoms with Gasteiger partial charge in [-0.15, -0.1) is 0 Å². The van der Waals surface area contributed by atoms with Crippen molar-refractivity contribution >= 4 is 11.0 Å². The summed E-state index contributed by atoms with van der Waals surface area (Å²) in [5.74, 6) is 0.685. The van der Waals surface area contributed by atoms with Gasteiger partial charge in [0, 0.05) is 11.5 Å². The molecule has 0 saturated carbocycles. The van der Waals surface area contributed by atoms with Gasteiger partial charge in [0.2, 0.25) is 0 Å². The number of hydrogen-bond donors (Lipinski definition) is 1. The predicted molar refractivity (Wildman–Crippen MR) is 119 cm³/mol. The Morgan fingerprint density at radius 3 is 2.44 bits per heavy atom. The second kappa shape index (κ2) is 7.97. The van der Waals surface area contributed by atoms with Crippen LogP contribution in [-0.4, -0.2) is 6.61 Å². The molecule has 1 unspecified atom stereocenters. The highest BCUT2D eigenvalue weighted by molar-refractivity contribution is 5.85. The highest BCUT2D eigenvalue weighted by Gasteiger charge is 2.35. The van der Waals surface area contributed by atoms with Crippen molar-refractivity contribution in [3.8, 4) is 17.6 Å². The highest BCUT2D eigenvalue weighted by Crippen LogP contribution is 2.43. The fraction of sp³-hybridized carbons (Fsp3) is 0.0769. The lowest BCUT2D eigenvalue weighted by atomic mass is 9.83. The van der Waals surface area contributed by atoms with Crippen molar-refractivity contribution in [1.29, 1.82) is 5.26 Å². The van der Waals surface area contributed by atoms with Crippen molar-refractivity contribution in [2.75, 3.05) is 6.61 Å². The Labute approximate surface area is 183 Å². The van der Waals surface area contributed by atoms with Gasteiger partial charge in [0.15, 0.2) is 11.6 Å². The first-order valence-electron chi connectivity index (χ1n) is 10.1. The molecular weight excluding hydrogens is 404 g/mol. The second-order valence-corrected chi connectivity index (χ2v) is 7.39. The van der Waals surface area contributed by atoms with E-state index >= 15 is 0 Å². The van der Waals surface area contributed by atoms with Crippen molar-refractivity contribution in [2.45, 2.75) is 5.92 Å². The van der Waals surface area contributed by atoms with Crippen molar-refractivity contribution in [2.24, 2.45) is 5.73 Å². The van der Waals surface area contributed by atoms with E-state index in [2.05, 4.69) is 6.07 Å². The molecule has 3 aromatic carbocycles. The molecule has 4 aromatic rings. The fourth-order valence-electron chi connectivity index (χ4n) is 3.94. The van der Waals surface area contributed by atoms with Crippen LogP contribution in [0.2, 0.25) is 0 Å². The van der Waals surface area contributed by atoms with Crippen LogP contribution in [0.5, 0.6) is 11.5 Å². The average molecular weight is 422 g/mol. The normalized spacial score (nSPS) is 15.0. The molecule has 156 valence electrons. The van der Waals surface area contributed by atoms with Gasteiger partial charge in [0.25, 0.3) is 0 Å². The lowest BCUT2D eigenvalue weighted by molar-refractivity contribution is 0.315. The number of rotatable bonds is 4. The van der Waals surface area contributed by atoms with Gasteiger partial charge in [-0.2, -0.15) is 5.26 Å². The monoisotopic (exact) mass is 422 g/mol. The topological polar surface area (TPSA) is 98.5 Å². The zero-order valence-electron chi connectivity index (χ0n) is 16.9. The Morgan fingerprint density at radius 2 is 1.69 bits per heavy atom. The van der Waals surface area contributed by atoms with E-state index in [9.17, 15) is 10.1 Å². The molecule has 0 fully saturated rings. The van der Waals surface area contributed by atoms with Gasteiger partial charge in [0.05, 0.1) is 22.6 Å². The lowest BCUT2D eigenvalue weighted by Crippen LogP contribution is -2.29. The van der Waals surface area contributed by atoms with Crippen LogP contribution in [0.3, 0.4) is 0 Å². The summed E-state index contributed by atoms with van der Waals surface area (Å²) in [6.07, 6.45) is 0. The minimum absolute atomic E-state index is 0.117. The van der Waals surface area contributed by atoms with Crippen LogP contribution in [0.4, 0.5) is 0 Å². The third-order valence-electron chi connectivity index (χ3n) is 5.48. The predicted octanol–water partition coefficient (Wildman–Crippen LogP) is 4.44. The Balaban J connectivity index is 1.68. The zero-order valence-corrected chi connectivity index (χ0v) is 16.9. The summed E-state index contributed by atoms with van der Waals surface area (Å²) < 4.78 is 17.6. The lowest BCUT2D eigenvalue weighted by Gasteiger charge is -2.29. The Kier molecular flexibility index (Phi) is 4.85. The number of nitrogens with two attached hydrogens (primary N) is 1. The molecule has 32 heavy (non-hydrogen) atoms. The largest absolute Gasteiger partial charge is 0.489 e. The Hall–Kier alpha value is -4.50. The number of benzene rings is 3. The van der Waals surface area contributed by atoms with E-state index in [-0.39, 0.29) is 12.5 Å². The summed E-state index contributed by atoms with van der Waals surface area (Å²) in [6.45, 7) is 0.117. The van der Waals surface area contributed by atoms with Crippen LogP contribution in [0.25, 0.3) is 11.0 Å². The summed E-state index contributed by atoms with van der Waals surface area (Å²) in [5, 5.41) is 9.84. The number of nitrogens with zero attached hydrogens (tertiary/aromatic N) is 1. The number of hydrogen-bond acceptors (Lipinski definition) is 6. The SMILES string of the molecule is N#Cc1ccc(C2C(COc3ccccc3)=C(N)Oc3c2c(=O)oc2ccccc32)cc1. The molecule has 1 aliphatic rings. The number of ether oxygens (including phenoxy) is 2. The molecule has 0 radical (unpaired) electrons. The molecule has 6 nitrogen and oxygen atoms in total. The molecule has 1 aromatic heterocycles. The summed E-state index contributed by atoms with van der Waals surface area (Å²) in [6, 6.07) is 25.6. The standard InChI is InChI=1S/C26H18N2O4/c27-14-16-10-12-17(13-11-16)22-20(15-30-18-6-2-1-3-7-18)25(28)32-24-19-8-4-5-9-21(19)31-26(29)23(22)24/h1-13,22H,15,28H2. The Morgan fingerprint density at radius 1 is 0.969 bits per heavy atom. The maximum atomic E-state index is 13.1. The van der Waals surface area contributed by atoms with Crippen LogP contribution < -0.4 is 20.8 Å². The quantitative estimate of drug-likeness (QED) is 0.488. The van der Waals surface area contributed by atoms with Gasteiger partial charge in [-0.25, -0.2) is 4.79 Å². The first-order chi connectivity index (χ1) is 15.7. The molecule has 0 amide bonds. The molecule has 1 atom stereocenters. The van der Waals surface area contributed by atoms with Gasteiger partial charge < -0.3 is 19.6 Å². The molecule has 2 heterocycles. The summed E-state index contributed by atoms with van der Waals surface area (Å²) in [7, 11) is 0. The zero-order chi connectivity index (χ0) is 22.1. The van der Waals surface area contributed by atoms with Gasteiger partial charge in [-0.3, -0.25) is 0 Å². The number of para-hydroxylation sites is 2. The number of fused-ring (bicyclic) bond motifs is 3. The smallest absolute Gasteiger partial charge is 0.344 e. The summed E-state index contributed by atoms with van der Waals surface area (Å²) in [5.41, 5.74) is 8.56. The van der Waals surface area contributed by atoms with Crippen LogP contribution >= 0.6 is 0 Å². The molecular formula is C26H18N2O4. The molecule has 1 aliphatic heterocycles. The minimum Gasteiger partial charge on any atom is -0.489 e. The summed E-state index contributed by atoms with van der Waals surface area (Å²) in [4.78, 5) is 13.1. The molecule has 2 N–H and O–H groups in total. The van der Waals surface area contributed by atoms with Crippen LogP contribution in [-0.2, 0) is 0 Å². The molecule has 0 bridgehead atoms. The van der Waals surface area contributed by atoms with Crippen LogP contribution in [0.1, 0.15) is 22.6 Å². The maximum absolute atomic E-state index is 13.1. The van der Waals surface area contributed by atoms with E-state index in [0.717, 1.165) is 5.56 Å². The summed E-state index contributed by atoms with van der Waals surface area (Å²) >= 11 is 0. The maximum Gasteiger partial charge on any atom is 0.344 e. The van der Waals surface area contributed by atoms with E-state index in [1.54, 1.807) is 24.3 Å². The van der Waals surface area contributed by atoms with Crippen LogP contribution in [0, 0.1) is 11.3 Å². The van der Waals surface area contributed by atoms with E-state index in [4.69, 9.17) is 19.6 Å². The Bertz CT molecular complexity index is 1430. The van der Waals surface area contributed by atoms with E-state index in [0.29, 0.717) is 39.2 Å². The van der Waals surface area contributed by atoms with Crippen molar-refractivity contribution < 1.29 is 13.9 Å². The van der Waals surface area contributed by atoms with Crippen molar-refractivity contribution in [1.82, 2.24) is 0 Å². The molecule has 6 heteroatoms. The number of nitriles is 1. The molecule has 0 aliphatic carbocycles. The van der Waals surface area contributed by atoms with Gasteiger partial charge in [0.1, 0.15) is 17.9 Å². The van der Waals surface area contributed by atoms with Gasteiger partial charge in [-0.05, 0) is 42.0 Å². The molecule has 0 saturated heterocycles. The third-order valence-corrected chi connectivity index (χ3v) is 5.48. The first-order valence-corrected chi connectivity index (χ1v) is 10.1. The minimum atomic E-state index is -0.545. The van der Waals surface area contributed by atoms with Crippen LogP contribution in [0.15, 0.2) is 99.5 Å². The molecule has 5 rings (SSSR count). The molecule has 0 spiro atoms. The first kappa shape index (κ1) is 19.5. The van der Waals surface area contributed by atoms with Gasteiger partial charge >= 0.3 is 5.63 Å². The highest BCUT2D eigenvalue weighted by atomic mass is 16.5. The van der Waals surface area contributed by atoms with E-state index in [1.807, 2.05) is 54.6 Å². The second-order valence-electron chi connectivity index (χ2n) is 7.39. The van der Waals surface area contributed by atoms with Crippen molar-refractivity contribution in [3.05, 3.63) is 117 Å². The fourth-order valence-corrected chi connectivity index (χ4v) is 3.94.